The lowest BCUT2D eigenvalue weighted by atomic mass is 9.97. The van der Waals surface area contributed by atoms with Gasteiger partial charge in [0.05, 0.1) is 12.1 Å². The van der Waals surface area contributed by atoms with Gasteiger partial charge in [-0.15, -0.1) is 0 Å². The lowest BCUT2D eigenvalue weighted by molar-refractivity contribution is -0.148. The lowest BCUT2D eigenvalue weighted by Gasteiger charge is -2.46. The summed E-state index contributed by atoms with van der Waals surface area (Å²) in [6, 6.07) is 18.1. The summed E-state index contributed by atoms with van der Waals surface area (Å²) in [5.74, 6) is -0.704. The van der Waals surface area contributed by atoms with Crippen LogP contribution in [0.15, 0.2) is 66.7 Å². The third-order valence-corrected chi connectivity index (χ3v) is 7.38. The maximum absolute atomic E-state index is 13.5. The minimum atomic E-state index is -0.790. The van der Waals surface area contributed by atoms with E-state index in [4.69, 9.17) is 11.5 Å². The van der Waals surface area contributed by atoms with Gasteiger partial charge < -0.3 is 26.4 Å². The number of amides is 2. The van der Waals surface area contributed by atoms with Crippen molar-refractivity contribution < 1.29 is 19.1 Å². The van der Waals surface area contributed by atoms with E-state index in [2.05, 4.69) is 6.07 Å². The molecule has 1 saturated heterocycles. The smallest absolute Gasteiger partial charge is 0.240 e. The Bertz CT molecular complexity index is 1250. The van der Waals surface area contributed by atoms with Crippen LogP contribution in [-0.2, 0) is 22.4 Å². The van der Waals surface area contributed by atoms with Gasteiger partial charge in [0.15, 0.2) is 0 Å². The van der Waals surface area contributed by atoms with Crippen LogP contribution in [0.1, 0.15) is 30.9 Å². The Kier molecular flexibility index (Phi) is 9.09. The van der Waals surface area contributed by atoms with Gasteiger partial charge in [-0.2, -0.15) is 0 Å². The number of nitrogens with zero attached hydrogens (tertiary/aromatic N) is 2. The molecule has 5 N–H and O–H groups in total. The quantitative estimate of drug-likeness (QED) is 0.402. The van der Waals surface area contributed by atoms with E-state index >= 15 is 0 Å². The van der Waals surface area contributed by atoms with Crippen molar-refractivity contribution in [1.82, 2.24) is 9.80 Å². The molecule has 202 valence electrons. The third-order valence-electron chi connectivity index (χ3n) is 7.38. The van der Waals surface area contributed by atoms with Crippen LogP contribution in [0.5, 0.6) is 0 Å². The van der Waals surface area contributed by atoms with Crippen molar-refractivity contribution in [2.75, 3.05) is 19.7 Å². The molecule has 0 bridgehead atoms. The average molecular weight is 521 g/mol. The Morgan fingerprint density at radius 1 is 0.895 bits per heavy atom. The van der Waals surface area contributed by atoms with E-state index in [0.717, 1.165) is 21.9 Å². The molecular weight excluding hydrogens is 483 g/mol. The Labute approximate surface area is 223 Å². The van der Waals surface area contributed by atoms with E-state index in [-0.39, 0.29) is 42.7 Å². The van der Waals surface area contributed by atoms with Crippen LogP contribution in [0.4, 0.5) is 4.39 Å². The number of benzene rings is 3. The zero-order valence-electron chi connectivity index (χ0n) is 21.8. The van der Waals surface area contributed by atoms with Gasteiger partial charge in [-0.3, -0.25) is 9.59 Å². The fourth-order valence-electron chi connectivity index (χ4n) is 5.28. The molecule has 1 aliphatic heterocycles. The van der Waals surface area contributed by atoms with Crippen molar-refractivity contribution in [2.45, 2.75) is 56.8 Å². The number of piperazine rings is 1. The summed E-state index contributed by atoms with van der Waals surface area (Å²) in [6.45, 7) is 2.57. The molecule has 0 aromatic heterocycles. The van der Waals surface area contributed by atoms with E-state index in [0.29, 0.717) is 32.4 Å². The number of aliphatic hydroxyl groups excluding tert-OH is 1. The predicted molar refractivity (Wildman–Crippen MR) is 147 cm³/mol. The Morgan fingerprint density at radius 3 is 2.18 bits per heavy atom. The molecule has 0 radical (unpaired) electrons. The Balaban J connectivity index is 1.44. The standard InChI is InChI=1S/C30H37FN4O3/c1-20-18-35(30(38)27(32)16-21-9-12-25(31)13-10-21)26(7-4-14-36)19-34(20)29(37)28(33)17-22-8-11-23-5-2-3-6-24(23)15-22/h2-3,5-6,8-13,15,20,26-28,36H,4,7,14,16-19,32-33H2,1H3/t20-,26+,27?,28?/m1/s1. The number of carbonyl (C=O) groups excluding carboxylic acids is 2. The van der Waals surface area contributed by atoms with Crippen molar-refractivity contribution in [2.24, 2.45) is 11.5 Å². The summed E-state index contributed by atoms with van der Waals surface area (Å²) in [5, 5.41) is 11.7. The fraction of sp³-hybridized carbons (Fsp3) is 0.400. The topological polar surface area (TPSA) is 113 Å². The molecule has 0 aliphatic carbocycles. The molecule has 7 nitrogen and oxygen atoms in total. The largest absolute Gasteiger partial charge is 0.396 e. The van der Waals surface area contributed by atoms with Crippen molar-refractivity contribution in [3.05, 3.63) is 83.7 Å². The molecule has 3 aromatic carbocycles. The van der Waals surface area contributed by atoms with Gasteiger partial charge >= 0.3 is 0 Å². The molecule has 1 aliphatic rings. The van der Waals surface area contributed by atoms with Gasteiger partial charge in [0.25, 0.3) is 0 Å². The number of hydrogen-bond donors (Lipinski definition) is 3. The second kappa shape index (κ2) is 12.5. The minimum Gasteiger partial charge on any atom is -0.396 e. The molecule has 2 unspecified atom stereocenters. The highest BCUT2D eigenvalue weighted by atomic mass is 19.1. The minimum absolute atomic E-state index is 0.00879. The maximum atomic E-state index is 13.5. The predicted octanol–water partition coefficient (Wildman–Crippen LogP) is 2.62. The number of hydrogen-bond acceptors (Lipinski definition) is 5. The van der Waals surface area contributed by atoms with Gasteiger partial charge in [-0.1, -0.05) is 54.6 Å². The Morgan fingerprint density at radius 2 is 1.50 bits per heavy atom. The lowest BCUT2D eigenvalue weighted by Crippen LogP contribution is -2.64. The van der Waals surface area contributed by atoms with Crippen molar-refractivity contribution >= 4 is 22.6 Å². The summed E-state index contributed by atoms with van der Waals surface area (Å²) in [7, 11) is 0. The Hall–Kier alpha value is -3.33. The number of rotatable bonds is 9. The van der Waals surface area contributed by atoms with Crippen molar-refractivity contribution in [1.29, 1.82) is 0 Å². The van der Waals surface area contributed by atoms with Gasteiger partial charge in [0.2, 0.25) is 11.8 Å². The van der Waals surface area contributed by atoms with Crippen LogP contribution in [0, 0.1) is 5.82 Å². The van der Waals surface area contributed by atoms with Crippen LogP contribution < -0.4 is 11.5 Å². The average Bonchev–Trinajstić information content (AvgIpc) is 2.92. The number of halogens is 1. The van der Waals surface area contributed by atoms with E-state index in [9.17, 15) is 19.1 Å². The van der Waals surface area contributed by atoms with Gasteiger partial charge in [0.1, 0.15) is 5.82 Å². The summed E-state index contributed by atoms with van der Waals surface area (Å²) in [5.41, 5.74) is 14.5. The third kappa shape index (κ3) is 6.56. The van der Waals surface area contributed by atoms with Crippen molar-refractivity contribution in [3.8, 4) is 0 Å². The second-order valence-electron chi connectivity index (χ2n) is 10.3. The number of fused-ring (bicyclic) bond motifs is 1. The van der Waals surface area contributed by atoms with Crippen LogP contribution in [-0.4, -0.2) is 70.6 Å². The molecule has 0 saturated carbocycles. The monoisotopic (exact) mass is 520 g/mol. The van der Waals surface area contributed by atoms with E-state index in [1.165, 1.54) is 12.1 Å². The molecule has 1 fully saturated rings. The molecule has 4 atom stereocenters. The molecular formula is C30H37FN4O3. The fourth-order valence-corrected chi connectivity index (χ4v) is 5.28. The SMILES string of the molecule is C[C@@H]1CN(C(=O)C(N)Cc2ccc(F)cc2)[C@@H](CCCO)CN1C(=O)C(N)Cc1ccc2ccccc2c1. The number of carbonyl (C=O) groups is 2. The molecule has 0 spiro atoms. The first-order valence-corrected chi connectivity index (χ1v) is 13.2. The first kappa shape index (κ1) is 27.7. The number of aliphatic hydroxyl groups is 1. The van der Waals surface area contributed by atoms with Crippen LogP contribution in [0.3, 0.4) is 0 Å². The molecule has 4 rings (SSSR count). The van der Waals surface area contributed by atoms with Gasteiger partial charge in [-0.25, -0.2) is 4.39 Å². The second-order valence-corrected chi connectivity index (χ2v) is 10.3. The van der Waals surface area contributed by atoms with Crippen LogP contribution in [0.25, 0.3) is 10.8 Å². The highest BCUT2D eigenvalue weighted by molar-refractivity contribution is 5.86. The molecule has 8 heteroatoms. The molecule has 1 heterocycles. The van der Waals surface area contributed by atoms with Crippen molar-refractivity contribution in [3.63, 3.8) is 0 Å². The summed E-state index contributed by atoms with van der Waals surface area (Å²) in [4.78, 5) is 30.4. The highest BCUT2D eigenvalue weighted by Crippen LogP contribution is 2.23. The van der Waals surface area contributed by atoms with Gasteiger partial charge in [0, 0.05) is 31.8 Å². The summed E-state index contributed by atoms with van der Waals surface area (Å²) < 4.78 is 13.3. The molecule has 3 aromatic rings. The summed E-state index contributed by atoms with van der Waals surface area (Å²) >= 11 is 0. The van der Waals surface area contributed by atoms with E-state index < -0.39 is 12.1 Å². The highest BCUT2D eigenvalue weighted by Gasteiger charge is 2.39. The zero-order chi connectivity index (χ0) is 27.2. The normalized spacial score (nSPS) is 19.4. The zero-order valence-corrected chi connectivity index (χ0v) is 21.8. The maximum Gasteiger partial charge on any atom is 0.240 e. The number of nitrogens with two attached hydrogens (primary N) is 2. The van der Waals surface area contributed by atoms with E-state index in [1.807, 2.05) is 43.3 Å². The first-order valence-electron chi connectivity index (χ1n) is 13.2. The summed E-state index contributed by atoms with van der Waals surface area (Å²) in [6.07, 6.45) is 1.75. The van der Waals surface area contributed by atoms with Gasteiger partial charge in [-0.05, 0) is 66.6 Å². The van der Waals surface area contributed by atoms with Crippen LogP contribution >= 0.6 is 0 Å². The molecule has 2 amide bonds. The molecule has 38 heavy (non-hydrogen) atoms. The first-order chi connectivity index (χ1) is 18.3. The van der Waals surface area contributed by atoms with Crippen LogP contribution in [0.2, 0.25) is 0 Å². The van der Waals surface area contributed by atoms with E-state index in [1.54, 1.807) is 21.9 Å².